The van der Waals surface area contributed by atoms with Gasteiger partial charge in [0.25, 0.3) is 11.8 Å². The van der Waals surface area contributed by atoms with Crippen molar-refractivity contribution < 1.29 is 23.9 Å². The Labute approximate surface area is 155 Å². The minimum absolute atomic E-state index is 0.0212. The minimum Gasteiger partial charge on any atom is -0.454 e. The maximum atomic E-state index is 12.4. The first kappa shape index (κ1) is 18.4. The molecule has 1 N–H and O–H groups in total. The highest BCUT2D eigenvalue weighted by molar-refractivity contribution is 7.10. The third-order valence-corrected chi connectivity index (χ3v) is 5.51. The zero-order valence-corrected chi connectivity index (χ0v) is 15.5. The van der Waals surface area contributed by atoms with Gasteiger partial charge in [0.2, 0.25) is 0 Å². The largest absolute Gasteiger partial charge is 0.454 e. The lowest BCUT2D eigenvalue weighted by Gasteiger charge is -2.23. The number of nitrogens with zero attached hydrogens (tertiary/aromatic N) is 2. The van der Waals surface area contributed by atoms with E-state index in [0.717, 1.165) is 22.6 Å². The van der Waals surface area contributed by atoms with Crippen molar-refractivity contribution in [2.75, 3.05) is 19.7 Å². The quantitative estimate of drug-likeness (QED) is 0.614. The van der Waals surface area contributed by atoms with Gasteiger partial charge in [-0.1, -0.05) is 6.07 Å². The molecule has 140 valence electrons. The summed E-state index contributed by atoms with van der Waals surface area (Å²) in [6.07, 6.45) is 1.79. The van der Waals surface area contributed by atoms with Crippen LogP contribution in [0.2, 0.25) is 0 Å². The van der Waals surface area contributed by atoms with Crippen LogP contribution in [0.15, 0.2) is 17.5 Å². The maximum absolute atomic E-state index is 12.4. The molecule has 2 aliphatic heterocycles. The number of hydrogen-bond acceptors (Lipinski definition) is 6. The molecule has 1 unspecified atom stereocenters. The Morgan fingerprint density at radius 3 is 2.77 bits per heavy atom. The highest BCUT2D eigenvalue weighted by atomic mass is 32.1. The van der Waals surface area contributed by atoms with Gasteiger partial charge in [0, 0.05) is 11.4 Å². The molecule has 0 saturated carbocycles. The summed E-state index contributed by atoms with van der Waals surface area (Å²) in [5, 5.41) is 4.45. The molecule has 2 aliphatic rings. The van der Waals surface area contributed by atoms with Crippen LogP contribution in [-0.2, 0) is 19.1 Å². The molecule has 26 heavy (non-hydrogen) atoms. The Bertz CT molecular complexity index is 731. The molecule has 8 nitrogen and oxygen atoms in total. The summed E-state index contributed by atoms with van der Waals surface area (Å²) in [7, 11) is 0. The molecule has 1 atom stereocenters. The fourth-order valence-corrected chi connectivity index (χ4v) is 4.08. The first-order chi connectivity index (χ1) is 12.3. The van der Waals surface area contributed by atoms with E-state index in [1.165, 1.54) is 0 Å². The first-order valence-electron chi connectivity index (χ1n) is 8.42. The zero-order valence-electron chi connectivity index (χ0n) is 14.7. The number of carbonyl (C=O) groups excluding carboxylic acids is 4. The average molecular weight is 379 g/mol. The third-order valence-electron chi connectivity index (χ3n) is 4.53. The van der Waals surface area contributed by atoms with E-state index in [1.807, 2.05) is 17.5 Å². The number of ether oxygens (including phenoxy) is 1. The topological polar surface area (TPSA) is 96.0 Å². The molecule has 0 spiro atoms. The van der Waals surface area contributed by atoms with Crippen molar-refractivity contribution in [1.29, 1.82) is 0 Å². The van der Waals surface area contributed by atoms with Gasteiger partial charge in [0.1, 0.15) is 12.1 Å². The molecule has 9 heteroatoms. The summed E-state index contributed by atoms with van der Waals surface area (Å²) in [6, 6.07) is 3.32. The van der Waals surface area contributed by atoms with Crippen LogP contribution in [0.3, 0.4) is 0 Å². The molecule has 0 radical (unpaired) electrons. The Morgan fingerprint density at radius 1 is 1.38 bits per heavy atom. The molecular weight excluding hydrogens is 358 g/mol. The van der Waals surface area contributed by atoms with Crippen molar-refractivity contribution in [2.24, 2.45) is 0 Å². The van der Waals surface area contributed by atoms with Crippen molar-refractivity contribution >= 4 is 35.2 Å². The highest BCUT2D eigenvalue weighted by Gasteiger charge is 2.45. The van der Waals surface area contributed by atoms with Gasteiger partial charge in [-0.3, -0.25) is 19.3 Å². The van der Waals surface area contributed by atoms with E-state index in [-0.39, 0.29) is 11.9 Å². The smallest absolute Gasteiger partial charge is 0.326 e. The van der Waals surface area contributed by atoms with Gasteiger partial charge in [-0.15, -0.1) is 11.3 Å². The van der Waals surface area contributed by atoms with E-state index in [9.17, 15) is 19.2 Å². The van der Waals surface area contributed by atoms with E-state index in [1.54, 1.807) is 30.1 Å². The normalized spacial score (nSPS) is 21.8. The van der Waals surface area contributed by atoms with E-state index >= 15 is 0 Å². The number of hydrogen-bond donors (Lipinski definition) is 1. The molecule has 0 aromatic carbocycles. The van der Waals surface area contributed by atoms with Crippen LogP contribution in [0.25, 0.3) is 0 Å². The average Bonchev–Trinajstić information content (AvgIpc) is 3.29. The van der Waals surface area contributed by atoms with E-state index in [0.29, 0.717) is 6.54 Å². The second-order valence-corrected chi connectivity index (χ2v) is 7.85. The van der Waals surface area contributed by atoms with Crippen molar-refractivity contribution in [1.82, 2.24) is 15.1 Å². The monoisotopic (exact) mass is 379 g/mol. The molecule has 1 aromatic rings. The standard InChI is InChI=1S/C17H21N3O5S/c1-17(2)15(23)20(16(24)18-17)9-14(22)25-10-13(21)19-7-3-5-11(19)12-6-4-8-26-12/h4,6,8,11H,3,5,7,9-10H2,1-2H3,(H,18,24). The summed E-state index contributed by atoms with van der Waals surface area (Å²) >= 11 is 1.60. The van der Waals surface area contributed by atoms with Crippen LogP contribution >= 0.6 is 11.3 Å². The maximum Gasteiger partial charge on any atom is 0.326 e. The minimum atomic E-state index is -1.04. The second kappa shape index (κ2) is 7.06. The van der Waals surface area contributed by atoms with Crippen molar-refractivity contribution in [3.8, 4) is 0 Å². The number of nitrogens with one attached hydrogen (secondary N) is 1. The van der Waals surface area contributed by atoms with Crippen molar-refractivity contribution in [2.45, 2.75) is 38.3 Å². The number of carbonyl (C=O) groups is 4. The Hall–Kier alpha value is -2.42. The number of urea groups is 1. The van der Waals surface area contributed by atoms with Gasteiger partial charge in [0.05, 0.1) is 6.04 Å². The fraction of sp³-hybridized carbons (Fsp3) is 0.529. The van der Waals surface area contributed by atoms with Crippen LogP contribution in [0, 0.1) is 0 Å². The predicted molar refractivity (Wildman–Crippen MR) is 93.3 cm³/mol. The molecule has 2 fully saturated rings. The molecule has 4 amide bonds. The van der Waals surface area contributed by atoms with Crippen LogP contribution in [0.4, 0.5) is 4.79 Å². The molecular formula is C17H21N3O5S. The number of likely N-dealkylation sites (tertiary alicyclic amines) is 1. The Morgan fingerprint density at radius 2 is 2.15 bits per heavy atom. The van der Waals surface area contributed by atoms with Crippen molar-refractivity contribution in [3.63, 3.8) is 0 Å². The molecule has 3 heterocycles. The van der Waals surface area contributed by atoms with E-state index in [2.05, 4.69) is 5.32 Å². The van der Waals surface area contributed by atoms with Crippen LogP contribution in [-0.4, -0.2) is 58.8 Å². The summed E-state index contributed by atoms with van der Waals surface area (Å²) in [4.78, 5) is 51.8. The van der Waals surface area contributed by atoms with E-state index in [4.69, 9.17) is 4.74 Å². The number of rotatable bonds is 5. The van der Waals surface area contributed by atoms with Gasteiger partial charge in [-0.25, -0.2) is 4.79 Å². The Kier molecular flexibility index (Phi) is 4.99. The van der Waals surface area contributed by atoms with E-state index < -0.39 is 36.6 Å². The van der Waals surface area contributed by atoms with Gasteiger partial charge < -0.3 is 15.0 Å². The van der Waals surface area contributed by atoms with Gasteiger partial charge in [0.15, 0.2) is 6.61 Å². The SMILES string of the molecule is CC1(C)NC(=O)N(CC(=O)OCC(=O)N2CCCC2c2cccs2)C1=O. The highest BCUT2D eigenvalue weighted by Crippen LogP contribution is 2.34. The molecule has 3 rings (SSSR count). The summed E-state index contributed by atoms with van der Waals surface area (Å²) in [5.74, 6) is -1.55. The number of esters is 1. The Balaban J connectivity index is 1.52. The number of amides is 4. The molecule has 1 aromatic heterocycles. The van der Waals surface area contributed by atoms with Gasteiger partial charge in [-0.05, 0) is 38.1 Å². The second-order valence-electron chi connectivity index (χ2n) is 6.87. The first-order valence-corrected chi connectivity index (χ1v) is 9.30. The lowest BCUT2D eigenvalue weighted by Crippen LogP contribution is -2.41. The summed E-state index contributed by atoms with van der Waals surface area (Å²) < 4.78 is 5.01. The lowest BCUT2D eigenvalue weighted by atomic mass is 10.1. The lowest BCUT2D eigenvalue weighted by molar-refractivity contribution is -0.154. The number of imide groups is 1. The molecule has 2 saturated heterocycles. The summed E-state index contributed by atoms with van der Waals surface area (Å²) in [6.45, 7) is 2.84. The molecule has 0 aliphatic carbocycles. The molecule has 0 bridgehead atoms. The van der Waals surface area contributed by atoms with Gasteiger partial charge in [-0.2, -0.15) is 0 Å². The van der Waals surface area contributed by atoms with Gasteiger partial charge >= 0.3 is 12.0 Å². The number of thiophene rings is 1. The predicted octanol–water partition coefficient (Wildman–Crippen LogP) is 1.29. The summed E-state index contributed by atoms with van der Waals surface area (Å²) in [5.41, 5.74) is -1.04. The van der Waals surface area contributed by atoms with Crippen LogP contribution in [0.1, 0.15) is 37.6 Å². The zero-order chi connectivity index (χ0) is 18.9. The van der Waals surface area contributed by atoms with Crippen molar-refractivity contribution in [3.05, 3.63) is 22.4 Å². The van der Waals surface area contributed by atoms with Crippen LogP contribution < -0.4 is 5.32 Å². The van der Waals surface area contributed by atoms with Crippen LogP contribution in [0.5, 0.6) is 0 Å². The third kappa shape index (κ3) is 3.57. The fourth-order valence-electron chi connectivity index (χ4n) is 3.20.